The molecule has 2 aromatic heterocycles. The number of hydrogen-bond acceptors (Lipinski definition) is 3. The lowest BCUT2D eigenvalue weighted by molar-refractivity contribution is 0.628. The van der Waals surface area contributed by atoms with Crippen LogP contribution in [-0.2, 0) is 13.0 Å². The van der Waals surface area contributed by atoms with E-state index in [4.69, 9.17) is 4.98 Å². The molecule has 0 aliphatic heterocycles. The Morgan fingerprint density at radius 3 is 2.46 bits per heavy atom. The molecule has 0 spiro atoms. The van der Waals surface area contributed by atoms with Crippen molar-refractivity contribution in [2.75, 3.05) is 5.32 Å². The van der Waals surface area contributed by atoms with Crippen LogP contribution in [-0.4, -0.2) is 20.2 Å². The molecule has 6 heteroatoms. The summed E-state index contributed by atoms with van der Waals surface area (Å²) in [5.41, 5.74) is 10.9. The number of H-pyrrole nitrogens is 2. The van der Waals surface area contributed by atoms with Crippen LogP contribution in [0.1, 0.15) is 18.1 Å². The first-order chi connectivity index (χ1) is 20.1. The molecule has 5 aromatic carbocycles. The molecule has 0 atom stereocenters. The largest absolute Gasteiger partial charge is 0.381 e. The molecule has 2 heterocycles. The Bertz CT molecular complexity index is 2000. The molecule has 7 aromatic rings. The van der Waals surface area contributed by atoms with Crippen molar-refractivity contribution in [2.24, 2.45) is 0 Å². The van der Waals surface area contributed by atoms with Crippen LogP contribution < -0.4 is 5.32 Å². The first kappa shape index (κ1) is 24.8. The maximum absolute atomic E-state index is 14.0. The van der Waals surface area contributed by atoms with Gasteiger partial charge in [0.1, 0.15) is 11.5 Å². The maximum atomic E-state index is 14.0. The predicted molar refractivity (Wildman–Crippen MR) is 165 cm³/mol. The number of aryl methyl sites for hydroxylation is 1. The summed E-state index contributed by atoms with van der Waals surface area (Å²) < 4.78 is 14.0. The van der Waals surface area contributed by atoms with E-state index in [1.165, 1.54) is 23.3 Å². The molecular formula is C35H28FN5. The zero-order valence-electron chi connectivity index (χ0n) is 22.6. The van der Waals surface area contributed by atoms with Gasteiger partial charge in [0, 0.05) is 23.2 Å². The fourth-order valence-electron chi connectivity index (χ4n) is 5.37. The van der Waals surface area contributed by atoms with E-state index >= 15 is 0 Å². The van der Waals surface area contributed by atoms with E-state index < -0.39 is 0 Å². The second-order valence-corrected chi connectivity index (χ2v) is 10.2. The van der Waals surface area contributed by atoms with Gasteiger partial charge in [-0.1, -0.05) is 73.7 Å². The van der Waals surface area contributed by atoms with Gasteiger partial charge in [-0.3, -0.25) is 5.10 Å². The highest BCUT2D eigenvalue weighted by atomic mass is 19.1. The summed E-state index contributed by atoms with van der Waals surface area (Å²) in [6.45, 7) is 2.94. The van der Waals surface area contributed by atoms with E-state index in [9.17, 15) is 4.39 Å². The molecule has 0 aliphatic rings. The number of hydrogen-bond donors (Lipinski definition) is 3. The van der Waals surface area contributed by atoms with Crippen LogP contribution in [0.3, 0.4) is 0 Å². The standard InChI is InChI=1S/C35H28FN5/c1-2-22-16-26(19-28(17-22)37-21-23-8-4-3-5-9-23)24-14-15-31-30(20-24)34(41-40-31)35-38-32-13-7-12-29(33(32)39-35)25-10-6-11-27(36)18-25/h3-20,37H,2,21H2,1H3,(H,38,39)(H,40,41). The number of halogens is 1. The lowest BCUT2D eigenvalue weighted by atomic mass is 9.99. The molecule has 41 heavy (non-hydrogen) atoms. The van der Waals surface area contributed by atoms with Gasteiger partial charge in [-0.15, -0.1) is 0 Å². The van der Waals surface area contributed by atoms with Crippen LogP contribution in [0.5, 0.6) is 0 Å². The predicted octanol–water partition coefficient (Wildman–Crippen LogP) is 8.75. The minimum Gasteiger partial charge on any atom is -0.381 e. The minimum atomic E-state index is -0.272. The summed E-state index contributed by atoms with van der Waals surface area (Å²) in [5.74, 6) is 0.395. The van der Waals surface area contributed by atoms with Crippen molar-refractivity contribution in [1.29, 1.82) is 0 Å². The SMILES string of the molecule is CCc1cc(NCc2ccccc2)cc(-c2ccc3[nH]nc(-c4nc5c(-c6cccc(F)c6)cccc5[nH]4)c3c2)c1. The summed E-state index contributed by atoms with van der Waals surface area (Å²) >= 11 is 0. The van der Waals surface area contributed by atoms with E-state index in [0.717, 1.165) is 68.5 Å². The Kier molecular flexibility index (Phi) is 6.28. The summed E-state index contributed by atoms with van der Waals surface area (Å²) in [6, 6.07) is 36.0. The maximum Gasteiger partial charge on any atom is 0.159 e. The molecule has 0 bridgehead atoms. The van der Waals surface area contributed by atoms with Crippen LogP contribution in [0.15, 0.2) is 109 Å². The average molecular weight is 538 g/mol. The third-order valence-corrected chi connectivity index (χ3v) is 7.51. The fraction of sp³-hybridized carbons (Fsp3) is 0.0857. The lowest BCUT2D eigenvalue weighted by Gasteiger charge is -2.12. The van der Waals surface area contributed by atoms with Crippen molar-refractivity contribution in [3.63, 3.8) is 0 Å². The van der Waals surface area contributed by atoms with E-state index in [1.807, 2.05) is 30.3 Å². The smallest absolute Gasteiger partial charge is 0.159 e. The van der Waals surface area contributed by atoms with E-state index in [-0.39, 0.29) is 5.82 Å². The van der Waals surface area contributed by atoms with Crippen molar-refractivity contribution in [3.05, 3.63) is 126 Å². The van der Waals surface area contributed by atoms with Crippen molar-refractivity contribution >= 4 is 27.6 Å². The second-order valence-electron chi connectivity index (χ2n) is 10.2. The quantitative estimate of drug-likeness (QED) is 0.190. The Hall–Kier alpha value is -5.23. The van der Waals surface area contributed by atoms with Gasteiger partial charge in [0.05, 0.1) is 16.6 Å². The molecule has 5 nitrogen and oxygen atoms in total. The minimum absolute atomic E-state index is 0.272. The molecule has 0 amide bonds. The van der Waals surface area contributed by atoms with Crippen LogP contribution in [0.2, 0.25) is 0 Å². The van der Waals surface area contributed by atoms with Crippen molar-refractivity contribution in [2.45, 2.75) is 19.9 Å². The number of para-hydroxylation sites is 1. The van der Waals surface area contributed by atoms with Crippen molar-refractivity contribution in [3.8, 4) is 33.8 Å². The molecule has 0 aliphatic carbocycles. The van der Waals surface area contributed by atoms with Crippen LogP contribution in [0.4, 0.5) is 10.1 Å². The van der Waals surface area contributed by atoms with Crippen molar-refractivity contribution < 1.29 is 4.39 Å². The molecule has 0 unspecified atom stereocenters. The van der Waals surface area contributed by atoms with Gasteiger partial charge in [-0.2, -0.15) is 5.10 Å². The van der Waals surface area contributed by atoms with Gasteiger partial charge < -0.3 is 10.3 Å². The first-order valence-corrected chi connectivity index (χ1v) is 13.8. The molecular weight excluding hydrogens is 509 g/mol. The summed E-state index contributed by atoms with van der Waals surface area (Å²) in [6.07, 6.45) is 0.944. The highest BCUT2D eigenvalue weighted by molar-refractivity contribution is 5.98. The zero-order valence-corrected chi connectivity index (χ0v) is 22.6. The van der Waals surface area contributed by atoms with Gasteiger partial charge in [-0.05, 0) is 76.7 Å². The number of rotatable bonds is 7. The molecule has 200 valence electrons. The Morgan fingerprint density at radius 1 is 0.732 bits per heavy atom. The van der Waals surface area contributed by atoms with Gasteiger partial charge in [0.15, 0.2) is 5.82 Å². The molecule has 0 saturated heterocycles. The molecule has 3 N–H and O–H groups in total. The average Bonchev–Trinajstić information content (AvgIpc) is 3.64. The number of fused-ring (bicyclic) bond motifs is 2. The number of imidazole rings is 1. The zero-order chi connectivity index (χ0) is 27.8. The summed E-state index contributed by atoms with van der Waals surface area (Å²) in [7, 11) is 0. The third kappa shape index (κ3) is 4.85. The lowest BCUT2D eigenvalue weighted by Crippen LogP contribution is -2.00. The molecule has 0 fully saturated rings. The molecule has 0 radical (unpaired) electrons. The van der Waals surface area contributed by atoms with Gasteiger partial charge in [-0.25, -0.2) is 9.37 Å². The number of anilines is 1. The topological polar surface area (TPSA) is 69.4 Å². The van der Waals surface area contributed by atoms with E-state index in [1.54, 1.807) is 6.07 Å². The van der Waals surface area contributed by atoms with Gasteiger partial charge in [0.25, 0.3) is 0 Å². The van der Waals surface area contributed by atoms with Crippen molar-refractivity contribution in [1.82, 2.24) is 20.2 Å². The number of nitrogens with zero attached hydrogens (tertiary/aromatic N) is 2. The number of benzene rings is 5. The normalized spacial score (nSPS) is 11.4. The molecule has 7 rings (SSSR count). The van der Waals surface area contributed by atoms with E-state index in [2.05, 4.69) is 88.1 Å². The summed E-state index contributed by atoms with van der Waals surface area (Å²) in [4.78, 5) is 8.37. The van der Waals surface area contributed by atoms with Crippen LogP contribution in [0, 0.1) is 5.82 Å². The van der Waals surface area contributed by atoms with Crippen LogP contribution in [0.25, 0.3) is 55.7 Å². The Morgan fingerprint density at radius 2 is 1.61 bits per heavy atom. The third-order valence-electron chi connectivity index (χ3n) is 7.51. The second kappa shape index (κ2) is 10.4. The number of aromatic nitrogens is 4. The monoisotopic (exact) mass is 537 g/mol. The van der Waals surface area contributed by atoms with Gasteiger partial charge in [0.2, 0.25) is 0 Å². The van der Waals surface area contributed by atoms with Gasteiger partial charge >= 0.3 is 0 Å². The van der Waals surface area contributed by atoms with Crippen LogP contribution >= 0.6 is 0 Å². The number of aromatic amines is 2. The highest BCUT2D eigenvalue weighted by Gasteiger charge is 2.16. The number of nitrogens with one attached hydrogen (secondary N) is 3. The molecule has 0 saturated carbocycles. The Labute approximate surface area is 237 Å². The van der Waals surface area contributed by atoms with E-state index in [0.29, 0.717) is 5.82 Å². The Balaban J connectivity index is 1.27. The summed E-state index contributed by atoms with van der Waals surface area (Å²) in [5, 5.41) is 12.4. The highest BCUT2D eigenvalue weighted by Crippen LogP contribution is 2.34. The fourth-order valence-corrected chi connectivity index (χ4v) is 5.37. The first-order valence-electron chi connectivity index (χ1n) is 13.8.